The molecule has 2 heterocycles. The number of rotatable bonds is 3. The zero-order valence-electron chi connectivity index (χ0n) is 10.9. The molecule has 0 spiro atoms. The van der Waals surface area contributed by atoms with E-state index in [1.54, 1.807) is 0 Å². The topological polar surface area (TPSA) is 60.2 Å². The van der Waals surface area contributed by atoms with Gasteiger partial charge in [0.05, 0.1) is 17.7 Å². The summed E-state index contributed by atoms with van der Waals surface area (Å²) in [4.78, 5) is 4.21. The largest absolute Gasteiger partial charge is 0.378 e. The van der Waals surface area contributed by atoms with Crippen molar-refractivity contribution in [3.05, 3.63) is 34.1 Å². The summed E-state index contributed by atoms with van der Waals surface area (Å²) in [6, 6.07) is 2.54. The van der Waals surface area contributed by atoms with Crippen molar-refractivity contribution in [3.8, 4) is 11.4 Å². The quantitative estimate of drug-likeness (QED) is 0.852. The molecule has 0 aliphatic carbocycles. The van der Waals surface area contributed by atoms with Crippen LogP contribution in [0.2, 0.25) is 0 Å². The Labute approximate surface area is 127 Å². The lowest BCUT2D eigenvalue weighted by Gasteiger charge is -2.22. The van der Waals surface area contributed by atoms with E-state index in [1.807, 2.05) is 0 Å². The molecule has 5 nitrogen and oxygen atoms in total. The molecule has 0 saturated carbocycles. The molecule has 2 aromatic rings. The van der Waals surface area contributed by atoms with Crippen LogP contribution >= 0.6 is 15.9 Å². The highest BCUT2D eigenvalue weighted by atomic mass is 79.9. The van der Waals surface area contributed by atoms with Crippen molar-refractivity contribution in [2.24, 2.45) is 0 Å². The van der Waals surface area contributed by atoms with Crippen LogP contribution in [0.25, 0.3) is 11.4 Å². The van der Waals surface area contributed by atoms with Crippen LogP contribution in [0, 0.1) is 11.6 Å². The highest BCUT2D eigenvalue weighted by Gasteiger charge is 2.20. The summed E-state index contributed by atoms with van der Waals surface area (Å²) in [6.45, 7) is 2.04. The second-order valence-electron chi connectivity index (χ2n) is 4.66. The van der Waals surface area contributed by atoms with Gasteiger partial charge in [-0.05, 0) is 28.1 Å². The Balaban J connectivity index is 1.80. The van der Waals surface area contributed by atoms with Crippen LogP contribution in [0.1, 0.15) is 5.89 Å². The Morgan fingerprint density at radius 1 is 1.38 bits per heavy atom. The third kappa shape index (κ3) is 3.12. The second kappa shape index (κ2) is 6.17. The summed E-state index contributed by atoms with van der Waals surface area (Å²) in [6.07, 6.45) is 0.522. The van der Waals surface area contributed by atoms with Crippen LogP contribution in [0.5, 0.6) is 0 Å². The Kier molecular flexibility index (Phi) is 4.27. The molecule has 1 saturated heterocycles. The number of hydrogen-bond acceptors (Lipinski definition) is 5. The number of aromatic nitrogens is 2. The van der Waals surface area contributed by atoms with Gasteiger partial charge in [-0.1, -0.05) is 5.16 Å². The van der Waals surface area contributed by atoms with Crippen molar-refractivity contribution in [2.45, 2.75) is 12.5 Å². The first-order valence-electron chi connectivity index (χ1n) is 6.42. The standard InChI is InChI=1S/C13H12BrF2N3O2/c14-11-8(1-2-9(15)12(11)16)13-18-10(21-19-13)5-7-6-20-4-3-17-7/h1-2,7,17H,3-6H2. The summed E-state index contributed by atoms with van der Waals surface area (Å²) >= 11 is 3.01. The van der Waals surface area contributed by atoms with Gasteiger partial charge in [0.15, 0.2) is 11.6 Å². The van der Waals surface area contributed by atoms with Gasteiger partial charge in [-0.25, -0.2) is 8.78 Å². The van der Waals surface area contributed by atoms with Gasteiger partial charge in [-0.3, -0.25) is 0 Å². The summed E-state index contributed by atoms with van der Waals surface area (Å²) in [5.74, 6) is -1.27. The number of morpholine rings is 1. The summed E-state index contributed by atoms with van der Waals surface area (Å²) in [5, 5.41) is 7.08. The van der Waals surface area contributed by atoms with Gasteiger partial charge in [0.25, 0.3) is 0 Å². The minimum atomic E-state index is -0.971. The molecule has 1 aromatic carbocycles. The van der Waals surface area contributed by atoms with Crippen LogP contribution in [0.3, 0.4) is 0 Å². The fraction of sp³-hybridized carbons (Fsp3) is 0.385. The number of halogens is 3. The van der Waals surface area contributed by atoms with E-state index in [1.165, 1.54) is 6.07 Å². The summed E-state index contributed by atoms with van der Waals surface area (Å²) < 4.78 is 37.1. The van der Waals surface area contributed by atoms with Gasteiger partial charge >= 0.3 is 0 Å². The van der Waals surface area contributed by atoms with Crippen molar-refractivity contribution >= 4 is 15.9 Å². The molecule has 1 atom stereocenters. The van der Waals surface area contributed by atoms with Gasteiger partial charge in [0.2, 0.25) is 11.7 Å². The van der Waals surface area contributed by atoms with Gasteiger partial charge in [0, 0.05) is 24.6 Å². The molecule has 1 aromatic heterocycles. The average Bonchev–Trinajstić information content (AvgIpc) is 2.94. The fourth-order valence-corrected chi connectivity index (χ4v) is 2.61. The average molecular weight is 360 g/mol. The maximum Gasteiger partial charge on any atom is 0.228 e. The van der Waals surface area contributed by atoms with E-state index < -0.39 is 11.6 Å². The van der Waals surface area contributed by atoms with Gasteiger partial charge in [0.1, 0.15) is 0 Å². The molecule has 1 N–H and O–H groups in total. The van der Waals surface area contributed by atoms with E-state index in [-0.39, 0.29) is 16.3 Å². The van der Waals surface area contributed by atoms with E-state index in [2.05, 4.69) is 31.4 Å². The molecular weight excluding hydrogens is 348 g/mol. The fourth-order valence-electron chi connectivity index (χ4n) is 2.11. The van der Waals surface area contributed by atoms with Crippen molar-refractivity contribution < 1.29 is 18.0 Å². The van der Waals surface area contributed by atoms with E-state index in [9.17, 15) is 8.78 Å². The molecule has 1 unspecified atom stereocenters. The lowest BCUT2D eigenvalue weighted by molar-refractivity contribution is 0.0744. The Bertz CT molecular complexity index is 644. The Morgan fingerprint density at radius 3 is 3.00 bits per heavy atom. The minimum absolute atomic E-state index is 0.0195. The first-order chi connectivity index (χ1) is 10.1. The van der Waals surface area contributed by atoms with Crippen LogP contribution in [-0.4, -0.2) is 35.9 Å². The first-order valence-corrected chi connectivity index (χ1v) is 7.22. The molecule has 1 fully saturated rings. The SMILES string of the molecule is Fc1ccc(-c2noc(CC3COCCN3)n2)c(Br)c1F. The maximum absolute atomic E-state index is 13.5. The number of nitrogens with zero attached hydrogens (tertiary/aromatic N) is 2. The van der Waals surface area contributed by atoms with Crippen LogP contribution in [0.4, 0.5) is 8.78 Å². The molecule has 3 rings (SSSR count). The zero-order chi connectivity index (χ0) is 14.8. The van der Waals surface area contributed by atoms with Gasteiger partial charge in [-0.15, -0.1) is 0 Å². The number of nitrogens with one attached hydrogen (secondary N) is 1. The second-order valence-corrected chi connectivity index (χ2v) is 5.46. The van der Waals surface area contributed by atoms with E-state index in [0.29, 0.717) is 31.1 Å². The van der Waals surface area contributed by atoms with E-state index in [0.717, 1.165) is 12.6 Å². The lowest BCUT2D eigenvalue weighted by Crippen LogP contribution is -2.42. The molecular formula is C13H12BrF2N3O2. The third-order valence-corrected chi connectivity index (χ3v) is 3.94. The van der Waals surface area contributed by atoms with Gasteiger partial charge in [-0.2, -0.15) is 4.98 Å². The summed E-state index contributed by atoms with van der Waals surface area (Å²) in [5.41, 5.74) is 0.344. The number of ether oxygens (including phenoxy) is 1. The molecule has 0 amide bonds. The molecule has 1 aliphatic rings. The van der Waals surface area contributed by atoms with Crippen molar-refractivity contribution in [1.82, 2.24) is 15.5 Å². The van der Waals surface area contributed by atoms with Gasteiger partial charge < -0.3 is 14.6 Å². The molecule has 8 heteroatoms. The van der Waals surface area contributed by atoms with Crippen LogP contribution < -0.4 is 5.32 Å². The Morgan fingerprint density at radius 2 is 2.24 bits per heavy atom. The van der Waals surface area contributed by atoms with Crippen molar-refractivity contribution in [1.29, 1.82) is 0 Å². The highest BCUT2D eigenvalue weighted by molar-refractivity contribution is 9.10. The summed E-state index contributed by atoms with van der Waals surface area (Å²) in [7, 11) is 0. The third-order valence-electron chi connectivity index (χ3n) is 3.16. The van der Waals surface area contributed by atoms with Crippen molar-refractivity contribution in [3.63, 3.8) is 0 Å². The monoisotopic (exact) mass is 359 g/mol. The predicted octanol–water partition coefficient (Wildman–Crippen LogP) is 2.31. The predicted molar refractivity (Wildman–Crippen MR) is 73.7 cm³/mol. The molecule has 112 valence electrons. The lowest BCUT2D eigenvalue weighted by atomic mass is 10.2. The smallest absolute Gasteiger partial charge is 0.228 e. The minimum Gasteiger partial charge on any atom is -0.378 e. The van der Waals surface area contributed by atoms with E-state index in [4.69, 9.17) is 9.26 Å². The number of benzene rings is 1. The molecule has 21 heavy (non-hydrogen) atoms. The van der Waals surface area contributed by atoms with E-state index >= 15 is 0 Å². The molecule has 1 aliphatic heterocycles. The Hall–Kier alpha value is -1.38. The highest BCUT2D eigenvalue weighted by Crippen LogP contribution is 2.30. The number of hydrogen-bond donors (Lipinski definition) is 1. The van der Waals surface area contributed by atoms with Crippen LogP contribution in [0.15, 0.2) is 21.1 Å². The maximum atomic E-state index is 13.5. The normalized spacial score (nSPS) is 18.9. The molecule has 0 radical (unpaired) electrons. The zero-order valence-corrected chi connectivity index (χ0v) is 12.5. The molecule has 0 bridgehead atoms. The van der Waals surface area contributed by atoms with Crippen LogP contribution in [-0.2, 0) is 11.2 Å². The van der Waals surface area contributed by atoms with Crippen molar-refractivity contribution in [2.75, 3.05) is 19.8 Å². The first kappa shape index (κ1) is 14.6.